The van der Waals surface area contributed by atoms with Crippen molar-refractivity contribution in [2.24, 2.45) is 0 Å². The Bertz CT molecular complexity index is 411. The minimum Gasteiger partial charge on any atom is -0.189 e. The average molecular weight is 265 g/mol. The van der Waals surface area contributed by atoms with Gasteiger partial charge in [-0.3, -0.25) is 0 Å². The topological polar surface area (TPSA) is 34.1 Å². The van der Waals surface area contributed by atoms with E-state index < -0.39 is 14.0 Å². The highest BCUT2D eigenvalue weighted by Crippen LogP contribution is 2.19. The lowest BCUT2D eigenvalue weighted by molar-refractivity contribution is 0.562. The summed E-state index contributed by atoms with van der Waals surface area (Å²) in [7, 11) is -4.62. The first-order valence-corrected chi connectivity index (χ1v) is 5.55. The number of hydrogen-bond acceptors (Lipinski definition) is 2. The molecule has 0 aliphatic heterocycles. The quantitative estimate of drug-likeness (QED) is 0.770. The number of hydrogen-bond donors (Lipinski definition) is 0. The molecule has 0 N–H and O–H groups in total. The molecule has 0 unspecified atom stereocenters. The number of rotatable bonds is 2. The number of benzene rings is 1. The van der Waals surface area contributed by atoms with Crippen LogP contribution in [0.5, 0.6) is 0 Å². The summed E-state index contributed by atoms with van der Waals surface area (Å²) in [5.74, 6) is 0. The van der Waals surface area contributed by atoms with Gasteiger partial charge in [-0.25, -0.2) is 0 Å². The van der Waals surface area contributed by atoms with Crippen molar-refractivity contribution in [1.29, 1.82) is 0 Å². The molecule has 13 heavy (non-hydrogen) atoms. The first-order valence-electron chi connectivity index (χ1n) is 3.37. The van der Waals surface area contributed by atoms with Crippen LogP contribution in [0.4, 0.5) is 3.89 Å². The zero-order valence-electron chi connectivity index (χ0n) is 6.44. The van der Waals surface area contributed by atoms with Gasteiger partial charge in [-0.1, -0.05) is 34.2 Å². The summed E-state index contributed by atoms with van der Waals surface area (Å²) in [6, 6.07) is 8.60. The van der Waals surface area contributed by atoms with Gasteiger partial charge in [0.25, 0.3) is 0 Å². The van der Waals surface area contributed by atoms with E-state index in [2.05, 4.69) is 15.9 Å². The van der Waals surface area contributed by atoms with Crippen LogP contribution in [0.25, 0.3) is 6.08 Å². The van der Waals surface area contributed by atoms with Crippen molar-refractivity contribution in [2.45, 2.75) is 0 Å². The molecule has 0 fully saturated rings. The lowest BCUT2D eigenvalue weighted by Crippen LogP contribution is -1.87. The maximum absolute atomic E-state index is 12.3. The van der Waals surface area contributed by atoms with E-state index in [0.717, 1.165) is 0 Å². The molecule has 1 aromatic carbocycles. The molecule has 0 aromatic heterocycles. The van der Waals surface area contributed by atoms with E-state index in [0.29, 0.717) is 5.56 Å². The van der Waals surface area contributed by atoms with Crippen LogP contribution in [0.15, 0.2) is 34.1 Å². The Labute approximate surface area is 84.4 Å². The fourth-order valence-corrected chi connectivity index (χ4v) is 1.29. The van der Waals surface area contributed by atoms with Crippen LogP contribution in [0.3, 0.4) is 0 Å². The van der Waals surface area contributed by atoms with E-state index >= 15 is 0 Å². The molecular formula is C8H6BrFO2S. The first kappa shape index (κ1) is 10.4. The standard InChI is InChI=1S/C8H6BrFO2S/c9-8(13(10,11)12)6-7-4-2-1-3-5-7/h1-6H. The molecule has 0 radical (unpaired) electrons. The maximum atomic E-state index is 12.3. The second-order valence-corrected chi connectivity index (χ2v) is 4.99. The fourth-order valence-electron chi connectivity index (χ4n) is 0.751. The van der Waals surface area contributed by atoms with Crippen LogP contribution in [-0.4, -0.2) is 8.42 Å². The third-order valence-electron chi connectivity index (χ3n) is 1.31. The minimum atomic E-state index is -4.62. The normalized spacial score (nSPS) is 12.9. The summed E-state index contributed by atoms with van der Waals surface area (Å²) in [6.45, 7) is 0. The second-order valence-electron chi connectivity index (χ2n) is 2.30. The van der Waals surface area contributed by atoms with Crippen molar-refractivity contribution in [1.82, 2.24) is 0 Å². The molecule has 0 atom stereocenters. The number of halogens is 2. The molecule has 0 amide bonds. The van der Waals surface area contributed by atoms with Gasteiger partial charge in [0, 0.05) is 0 Å². The van der Waals surface area contributed by atoms with E-state index in [1.807, 2.05) is 0 Å². The van der Waals surface area contributed by atoms with Crippen LogP contribution >= 0.6 is 15.9 Å². The highest BCUT2D eigenvalue weighted by molar-refractivity contribution is 9.13. The van der Waals surface area contributed by atoms with Crippen LogP contribution < -0.4 is 0 Å². The zero-order valence-corrected chi connectivity index (χ0v) is 8.85. The maximum Gasteiger partial charge on any atom is 0.338 e. The molecule has 5 heteroatoms. The summed E-state index contributed by atoms with van der Waals surface area (Å²) >= 11 is 2.63. The molecule has 1 rings (SSSR count). The van der Waals surface area contributed by atoms with Crippen LogP contribution in [-0.2, 0) is 10.2 Å². The van der Waals surface area contributed by atoms with Gasteiger partial charge in [0.15, 0.2) is 0 Å². The largest absolute Gasteiger partial charge is 0.338 e. The summed E-state index contributed by atoms with van der Waals surface area (Å²) in [5, 5.41) is 0. The second kappa shape index (κ2) is 4.02. The van der Waals surface area contributed by atoms with E-state index in [9.17, 15) is 12.3 Å². The van der Waals surface area contributed by atoms with Gasteiger partial charge in [0.2, 0.25) is 0 Å². The lowest BCUT2D eigenvalue weighted by atomic mass is 10.2. The van der Waals surface area contributed by atoms with Crippen molar-refractivity contribution in [3.8, 4) is 0 Å². The van der Waals surface area contributed by atoms with E-state index in [-0.39, 0.29) is 0 Å². The van der Waals surface area contributed by atoms with Crippen molar-refractivity contribution >= 4 is 32.2 Å². The lowest BCUT2D eigenvalue weighted by Gasteiger charge is -1.93. The smallest absolute Gasteiger partial charge is 0.189 e. The van der Waals surface area contributed by atoms with E-state index in [4.69, 9.17) is 0 Å². The molecule has 0 heterocycles. The van der Waals surface area contributed by atoms with Gasteiger partial charge in [0.1, 0.15) is 3.81 Å². The Morgan fingerprint density at radius 1 is 1.31 bits per heavy atom. The van der Waals surface area contributed by atoms with Crippen molar-refractivity contribution in [2.75, 3.05) is 0 Å². The third kappa shape index (κ3) is 3.28. The highest BCUT2D eigenvalue weighted by Gasteiger charge is 2.11. The summed E-state index contributed by atoms with van der Waals surface area (Å²) < 4.78 is 32.6. The Morgan fingerprint density at radius 2 is 1.85 bits per heavy atom. The molecule has 70 valence electrons. The summed E-state index contributed by atoms with van der Waals surface area (Å²) in [4.78, 5) is 0. The highest BCUT2D eigenvalue weighted by atomic mass is 79.9. The molecule has 0 aliphatic rings. The van der Waals surface area contributed by atoms with E-state index in [1.54, 1.807) is 30.3 Å². The van der Waals surface area contributed by atoms with Gasteiger partial charge < -0.3 is 0 Å². The van der Waals surface area contributed by atoms with Crippen molar-refractivity contribution in [3.63, 3.8) is 0 Å². The van der Waals surface area contributed by atoms with Gasteiger partial charge in [0.05, 0.1) is 0 Å². The van der Waals surface area contributed by atoms with Crippen LogP contribution in [0.2, 0.25) is 0 Å². The SMILES string of the molecule is O=S(=O)(F)C(Br)=Cc1ccccc1. The van der Waals surface area contributed by atoms with Gasteiger partial charge in [-0.15, -0.1) is 0 Å². The Balaban J connectivity index is 3.04. The van der Waals surface area contributed by atoms with E-state index in [1.165, 1.54) is 6.08 Å². The molecule has 1 aromatic rings. The monoisotopic (exact) mass is 264 g/mol. The molecule has 2 nitrogen and oxygen atoms in total. The zero-order chi connectivity index (χ0) is 9.90. The van der Waals surface area contributed by atoms with Gasteiger partial charge in [-0.2, -0.15) is 8.42 Å². The van der Waals surface area contributed by atoms with Crippen molar-refractivity contribution in [3.05, 3.63) is 39.7 Å². The fraction of sp³-hybridized carbons (Fsp3) is 0. The molecule has 0 saturated heterocycles. The van der Waals surface area contributed by atoms with Gasteiger partial charge in [-0.05, 0) is 27.6 Å². The predicted molar refractivity (Wildman–Crippen MR) is 53.4 cm³/mol. The molecule has 0 saturated carbocycles. The Kier molecular flexibility index (Phi) is 3.22. The molecule has 0 aliphatic carbocycles. The molecule has 0 spiro atoms. The predicted octanol–water partition coefficient (Wildman–Crippen LogP) is 2.68. The summed E-state index contributed by atoms with van der Waals surface area (Å²) in [5.41, 5.74) is 0.621. The third-order valence-corrected chi connectivity index (χ3v) is 3.29. The van der Waals surface area contributed by atoms with Crippen molar-refractivity contribution < 1.29 is 12.3 Å². The molecular weight excluding hydrogens is 259 g/mol. The summed E-state index contributed by atoms with van der Waals surface area (Å²) in [6.07, 6.45) is 1.20. The van der Waals surface area contributed by atoms with Gasteiger partial charge >= 0.3 is 10.2 Å². The first-order chi connectivity index (χ1) is 6.00. The average Bonchev–Trinajstić information content (AvgIpc) is 2.04. The Morgan fingerprint density at radius 3 is 2.31 bits per heavy atom. The van der Waals surface area contributed by atoms with Crippen LogP contribution in [0.1, 0.15) is 5.56 Å². The Hall–Kier alpha value is -0.680. The minimum absolute atomic E-state index is 0.466. The van der Waals surface area contributed by atoms with Crippen LogP contribution in [0, 0.1) is 0 Å². The molecule has 0 bridgehead atoms.